The number of aromatic nitrogens is 1. The second kappa shape index (κ2) is 8.27. The van der Waals surface area contributed by atoms with Gasteiger partial charge in [-0.25, -0.2) is 0 Å². The van der Waals surface area contributed by atoms with Gasteiger partial charge in [-0.05, 0) is 56.0 Å². The summed E-state index contributed by atoms with van der Waals surface area (Å²) in [5.74, 6) is 0.312. The van der Waals surface area contributed by atoms with E-state index >= 15 is 0 Å². The van der Waals surface area contributed by atoms with E-state index in [0.29, 0.717) is 18.9 Å². The van der Waals surface area contributed by atoms with Crippen LogP contribution in [0.2, 0.25) is 0 Å². The van der Waals surface area contributed by atoms with E-state index in [2.05, 4.69) is 46.3 Å². The minimum absolute atomic E-state index is 0.175. The Kier molecular flexibility index (Phi) is 5.58. The Morgan fingerprint density at radius 2 is 1.86 bits per heavy atom. The van der Waals surface area contributed by atoms with Crippen LogP contribution in [0.15, 0.2) is 54.6 Å². The lowest BCUT2D eigenvalue weighted by molar-refractivity contribution is -0.127. The number of hydrogen-bond acceptors (Lipinski definition) is 3. The molecule has 2 saturated heterocycles. The van der Waals surface area contributed by atoms with Crippen LogP contribution >= 0.6 is 0 Å². The number of piperidine rings is 1. The van der Waals surface area contributed by atoms with E-state index < -0.39 is 0 Å². The van der Waals surface area contributed by atoms with Gasteiger partial charge in [-0.2, -0.15) is 0 Å². The van der Waals surface area contributed by atoms with Crippen molar-refractivity contribution < 1.29 is 4.79 Å². The summed E-state index contributed by atoms with van der Waals surface area (Å²) in [5.41, 5.74) is 3.58. The topological polar surface area (TPSA) is 36.4 Å². The molecule has 2 aliphatic rings. The molecule has 0 atom stereocenters. The van der Waals surface area contributed by atoms with Crippen LogP contribution in [0.3, 0.4) is 0 Å². The maximum atomic E-state index is 12.6. The zero-order valence-electron chi connectivity index (χ0n) is 16.7. The van der Waals surface area contributed by atoms with Gasteiger partial charge in [0.2, 0.25) is 5.91 Å². The first-order chi connectivity index (χ1) is 13.6. The molecular weight excluding hydrogens is 346 g/mol. The summed E-state index contributed by atoms with van der Waals surface area (Å²) in [6.45, 7) is 6.68. The van der Waals surface area contributed by atoms with Crippen molar-refractivity contribution in [1.29, 1.82) is 0 Å². The number of amides is 1. The standard InChI is InChI=1S/C24H29N3O/c1-20-7-5-11-22(25-20)18-26-15-12-24(13-16-26)17-23(28)27(19-24)14-6-10-21-8-3-2-4-9-21/h2-11H,12-19H2,1H3/b10-6+. The average molecular weight is 376 g/mol. The summed E-state index contributed by atoms with van der Waals surface area (Å²) >= 11 is 0. The Balaban J connectivity index is 1.29. The number of rotatable bonds is 5. The van der Waals surface area contributed by atoms with Gasteiger partial charge < -0.3 is 4.90 Å². The molecule has 0 bridgehead atoms. The van der Waals surface area contributed by atoms with Crippen molar-refractivity contribution in [2.45, 2.75) is 32.7 Å². The smallest absolute Gasteiger partial charge is 0.223 e. The van der Waals surface area contributed by atoms with Gasteiger partial charge in [-0.15, -0.1) is 0 Å². The predicted molar refractivity (Wildman–Crippen MR) is 113 cm³/mol. The molecule has 0 saturated carbocycles. The van der Waals surface area contributed by atoms with Crippen molar-refractivity contribution in [2.75, 3.05) is 26.2 Å². The van der Waals surface area contributed by atoms with Crippen LogP contribution < -0.4 is 0 Å². The van der Waals surface area contributed by atoms with Crippen LogP contribution in [-0.4, -0.2) is 46.9 Å². The van der Waals surface area contributed by atoms with E-state index in [-0.39, 0.29) is 5.41 Å². The first kappa shape index (κ1) is 18.9. The van der Waals surface area contributed by atoms with Gasteiger partial charge in [0, 0.05) is 31.7 Å². The van der Waals surface area contributed by atoms with Crippen molar-refractivity contribution in [3.63, 3.8) is 0 Å². The molecule has 0 aliphatic carbocycles. The van der Waals surface area contributed by atoms with Crippen LogP contribution in [0, 0.1) is 12.3 Å². The number of likely N-dealkylation sites (tertiary alicyclic amines) is 2. The molecule has 2 aliphatic heterocycles. The molecule has 0 N–H and O–H groups in total. The van der Waals surface area contributed by atoms with Crippen molar-refractivity contribution in [1.82, 2.24) is 14.8 Å². The Bertz CT molecular complexity index is 838. The lowest BCUT2D eigenvalue weighted by Crippen LogP contribution is -2.41. The van der Waals surface area contributed by atoms with Gasteiger partial charge in [0.15, 0.2) is 0 Å². The zero-order valence-corrected chi connectivity index (χ0v) is 16.7. The number of aryl methyl sites for hydroxylation is 1. The summed E-state index contributed by atoms with van der Waals surface area (Å²) in [6.07, 6.45) is 7.14. The molecule has 2 aromatic rings. The van der Waals surface area contributed by atoms with E-state index in [1.807, 2.05) is 36.1 Å². The molecule has 0 unspecified atom stereocenters. The number of carbonyl (C=O) groups is 1. The van der Waals surface area contributed by atoms with E-state index in [1.165, 1.54) is 5.56 Å². The number of hydrogen-bond donors (Lipinski definition) is 0. The van der Waals surface area contributed by atoms with Crippen molar-refractivity contribution in [3.8, 4) is 0 Å². The lowest BCUT2D eigenvalue weighted by Gasteiger charge is -2.38. The molecule has 2 fully saturated rings. The first-order valence-electron chi connectivity index (χ1n) is 10.3. The van der Waals surface area contributed by atoms with Crippen molar-refractivity contribution >= 4 is 12.0 Å². The normalized spacial score (nSPS) is 19.8. The third-order valence-electron chi connectivity index (χ3n) is 6.09. The Morgan fingerprint density at radius 3 is 2.61 bits per heavy atom. The summed E-state index contributed by atoms with van der Waals surface area (Å²) in [5, 5.41) is 0. The summed E-state index contributed by atoms with van der Waals surface area (Å²) in [7, 11) is 0. The van der Waals surface area contributed by atoms with Gasteiger partial charge in [0.25, 0.3) is 0 Å². The predicted octanol–water partition coefficient (Wildman–Crippen LogP) is 3.92. The minimum atomic E-state index is 0.175. The highest BCUT2D eigenvalue weighted by Crippen LogP contribution is 2.41. The highest BCUT2D eigenvalue weighted by molar-refractivity contribution is 5.79. The quantitative estimate of drug-likeness (QED) is 0.795. The molecule has 4 rings (SSSR count). The van der Waals surface area contributed by atoms with Crippen LogP contribution in [0.4, 0.5) is 0 Å². The second-order valence-corrected chi connectivity index (χ2v) is 8.31. The molecule has 0 radical (unpaired) electrons. The summed E-state index contributed by atoms with van der Waals surface area (Å²) < 4.78 is 0. The highest BCUT2D eigenvalue weighted by atomic mass is 16.2. The van der Waals surface area contributed by atoms with Gasteiger partial charge >= 0.3 is 0 Å². The fourth-order valence-corrected chi connectivity index (χ4v) is 4.47. The largest absolute Gasteiger partial charge is 0.338 e. The van der Waals surface area contributed by atoms with Gasteiger partial charge in [0.05, 0.1) is 5.69 Å². The van der Waals surface area contributed by atoms with Gasteiger partial charge in [0.1, 0.15) is 0 Å². The summed E-state index contributed by atoms with van der Waals surface area (Å²) in [6, 6.07) is 16.5. The molecule has 3 heterocycles. The second-order valence-electron chi connectivity index (χ2n) is 8.31. The number of carbonyl (C=O) groups excluding carboxylic acids is 1. The number of nitrogens with zero attached hydrogens (tertiary/aromatic N) is 3. The lowest BCUT2D eigenvalue weighted by atomic mass is 9.77. The molecule has 4 heteroatoms. The van der Waals surface area contributed by atoms with Crippen LogP contribution in [-0.2, 0) is 11.3 Å². The van der Waals surface area contributed by atoms with E-state index in [0.717, 1.165) is 50.4 Å². The Morgan fingerprint density at radius 1 is 1.07 bits per heavy atom. The van der Waals surface area contributed by atoms with Crippen LogP contribution in [0.25, 0.3) is 6.08 Å². The highest BCUT2D eigenvalue weighted by Gasteiger charge is 2.44. The molecule has 1 aromatic carbocycles. The molecular formula is C24H29N3O. The van der Waals surface area contributed by atoms with Gasteiger partial charge in [-0.3, -0.25) is 14.7 Å². The number of pyridine rings is 1. The fourth-order valence-electron chi connectivity index (χ4n) is 4.47. The SMILES string of the molecule is Cc1cccc(CN2CCC3(CC2)CC(=O)N(C/C=C/c2ccccc2)C3)n1. The maximum Gasteiger partial charge on any atom is 0.223 e. The monoisotopic (exact) mass is 375 g/mol. The first-order valence-corrected chi connectivity index (χ1v) is 10.3. The Hall–Kier alpha value is -2.46. The summed E-state index contributed by atoms with van der Waals surface area (Å²) in [4.78, 5) is 21.7. The average Bonchev–Trinajstić information content (AvgIpc) is 3.00. The molecule has 28 heavy (non-hydrogen) atoms. The molecule has 1 spiro atoms. The van der Waals surface area contributed by atoms with E-state index in [1.54, 1.807) is 0 Å². The number of benzene rings is 1. The van der Waals surface area contributed by atoms with Crippen molar-refractivity contribution in [3.05, 3.63) is 71.6 Å². The third kappa shape index (κ3) is 4.50. The zero-order chi connectivity index (χ0) is 19.4. The van der Waals surface area contributed by atoms with Crippen molar-refractivity contribution in [2.24, 2.45) is 5.41 Å². The van der Waals surface area contributed by atoms with E-state index in [4.69, 9.17) is 0 Å². The van der Waals surface area contributed by atoms with Gasteiger partial charge in [-0.1, -0.05) is 48.6 Å². The molecule has 146 valence electrons. The maximum absolute atomic E-state index is 12.6. The van der Waals surface area contributed by atoms with Crippen LogP contribution in [0.1, 0.15) is 36.2 Å². The third-order valence-corrected chi connectivity index (χ3v) is 6.09. The fraction of sp³-hybridized carbons (Fsp3) is 0.417. The minimum Gasteiger partial charge on any atom is -0.338 e. The van der Waals surface area contributed by atoms with E-state index in [9.17, 15) is 4.79 Å². The molecule has 4 nitrogen and oxygen atoms in total. The Labute approximate surface area is 167 Å². The molecule has 1 aromatic heterocycles. The molecule has 1 amide bonds. The van der Waals surface area contributed by atoms with Crippen LogP contribution in [0.5, 0.6) is 0 Å².